The first-order valence-corrected chi connectivity index (χ1v) is 6.42. The Morgan fingerprint density at radius 1 is 1.30 bits per heavy atom. The van der Waals surface area contributed by atoms with E-state index >= 15 is 0 Å². The van der Waals surface area contributed by atoms with Gasteiger partial charge in [-0.3, -0.25) is 29.4 Å². The highest BCUT2D eigenvalue weighted by atomic mass is 16.6. The van der Waals surface area contributed by atoms with Gasteiger partial charge in [0.05, 0.1) is 10.5 Å². The van der Waals surface area contributed by atoms with E-state index in [9.17, 15) is 34.4 Å². The molecule has 10 heteroatoms. The monoisotopic (exact) mass is 321 g/mol. The Kier molecular flexibility index (Phi) is 4.08. The summed E-state index contributed by atoms with van der Waals surface area (Å²) >= 11 is 0. The van der Waals surface area contributed by atoms with Gasteiger partial charge in [-0.15, -0.1) is 0 Å². The van der Waals surface area contributed by atoms with Crippen molar-refractivity contribution in [2.75, 3.05) is 0 Å². The van der Waals surface area contributed by atoms with Crippen molar-refractivity contribution in [3.05, 3.63) is 39.4 Å². The second-order valence-corrected chi connectivity index (χ2v) is 4.80. The smallest absolute Gasteiger partial charge is 0.326 e. The van der Waals surface area contributed by atoms with Crippen LogP contribution in [0.4, 0.5) is 5.69 Å². The molecule has 1 aliphatic rings. The van der Waals surface area contributed by atoms with E-state index < -0.39 is 45.9 Å². The molecule has 3 amide bonds. The summed E-state index contributed by atoms with van der Waals surface area (Å²) in [4.78, 5) is 57.3. The number of nitro groups is 1. The number of amides is 3. The van der Waals surface area contributed by atoms with Gasteiger partial charge in [0.1, 0.15) is 11.6 Å². The van der Waals surface area contributed by atoms with Gasteiger partial charge in [0.2, 0.25) is 5.91 Å². The molecule has 0 radical (unpaired) electrons. The Hall–Kier alpha value is -3.30. The number of hydrogen-bond acceptors (Lipinski definition) is 6. The number of aliphatic carboxylic acids is 1. The maximum absolute atomic E-state index is 12.3. The van der Waals surface area contributed by atoms with Crippen LogP contribution in [0.2, 0.25) is 0 Å². The molecule has 1 aromatic carbocycles. The summed E-state index contributed by atoms with van der Waals surface area (Å²) in [7, 11) is 0. The highest BCUT2D eigenvalue weighted by Gasteiger charge is 2.46. The predicted molar refractivity (Wildman–Crippen MR) is 73.4 cm³/mol. The average molecular weight is 321 g/mol. The summed E-state index contributed by atoms with van der Waals surface area (Å²) in [6.45, 7) is 0. The van der Waals surface area contributed by atoms with Crippen molar-refractivity contribution in [2.45, 2.75) is 18.9 Å². The first-order valence-electron chi connectivity index (χ1n) is 6.42. The topological polar surface area (TPSA) is 161 Å². The molecule has 1 heterocycles. The van der Waals surface area contributed by atoms with Gasteiger partial charge in [0, 0.05) is 12.5 Å². The first kappa shape index (κ1) is 16.1. The summed E-state index contributed by atoms with van der Waals surface area (Å²) in [6.07, 6.45) is -0.726. The van der Waals surface area contributed by atoms with E-state index in [0.717, 1.165) is 6.07 Å². The SMILES string of the molecule is NC(=O)CC[C@@H](C(=O)O)N1C(=O)c2cccc([N+](=O)[O-])c2C1=O. The van der Waals surface area contributed by atoms with Crippen LogP contribution in [0.3, 0.4) is 0 Å². The third-order valence-electron chi connectivity index (χ3n) is 3.38. The molecule has 0 unspecified atom stereocenters. The molecule has 10 nitrogen and oxygen atoms in total. The molecule has 0 aliphatic carbocycles. The van der Waals surface area contributed by atoms with Crippen molar-refractivity contribution >= 4 is 29.4 Å². The molecule has 0 saturated heterocycles. The summed E-state index contributed by atoms with van der Waals surface area (Å²) in [6, 6.07) is 1.85. The zero-order valence-corrected chi connectivity index (χ0v) is 11.6. The van der Waals surface area contributed by atoms with Crippen molar-refractivity contribution < 1.29 is 29.2 Å². The van der Waals surface area contributed by atoms with E-state index in [1.165, 1.54) is 12.1 Å². The van der Waals surface area contributed by atoms with Crippen molar-refractivity contribution in [3.8, 4) is 0 Å². The van der Waals surface area contributed by atoms with E-state index in [0.29, 0.717) is 4.90 Å². The minimum absolute atomic E-state index is 0.241. The molecular formula is C13H11N3O7. The summed E-state index contributed by atoms with van der Waals surface area (Å²) in [5.74, 6) is -4.33. The lowest BCUT2D eigenvalue weighted by molar-refractivity contribution is -0.385. The molecule has 0 aromatic heterocycles. The van der Waals surface area contributed by atoms with Gasteiger partial charge in [-0.1, -0.05) is 6.07 Å². The number of carbonyl (C=O) groups is 4. The van der Waals surface area contributed by atoms with Crippen molar-refractivity contribution in [3.63, 3.8) is 0 Å². The number of carboxylic acids is 1. The lowest BCUT2D eigenvalue weighted by atomic mass is 10.1. The Labute approximate surface area is 128 Å². The molecule has 120 valence electrons. The minimum atomic E-state index is -1.63. The van der Waals surface area contributed by atoms with Crippen LogP contribution in [0.1, 0.15) is 33.6 Å². The van der Waals surface area contributed by atoms with Crippen LogP contribution in [-0.4, -0.2) is 44.7 Å². The van der Waals surface area contributed by atoms with Crippen molar-refractivity contribution in [1.29, 1.82) is 0 Å². The lowest BCUT2D eigenvalue weighted by Crippen LogP contribution is -2.45. The van der Waals surface area contributed by atoms with Crippen LogP contribution in [0.15, 0.2) is 18.2 Å². The predicted octanol–water partition coefficient (Wildman–Crippen LogP) is -0.0905. The fourth-order valence-corrected chi connectivity index (χ4v) is 2.36. The van der Waals surface area contributed by atoms with E-state index in [2.05, 4.69) is 0 Å². The van der Waals surface area contributed by atoms with E-state index in [4.69, 9.17) is 5.73 Å². The van der Waals surface area contributed by atoms with E-state index in [-0.39, 0.29) is 18.4 Å². The number of carbonyl (C=O) groups excluding carboxylic acids is 3. The Morgan fingerprint density at radius 3 is 2.48 bits per heavy atom. The maximum Gasteiger partial charge on any atom is 0.326 e. The molecule has 1 atom stereocenters. The van der Waals surface area contributed by atoms with E-state index in [1.54, 1.807) is 0 Å². The van der Waals surface area contributed by atoms with Gasteiger partial charge in [0.15, 0.2) is 0 Å². The highest BCUT2D eigenvalue weighted by molar-refractivity contribution is 6.24. The third kappa shape index (κ3) is 2.73. The number of rotatable bonds is 6. The second kappa shape index (κ2) is 5.83. The number of carboxylic acid groups (broad SMARTS) is 1. The number of primary amides is 1. The fourth-order valence-electron chi connectivity index (χ4n) is 2.36. The Morgan fingerprint density at radius 2 is 1.96 bits per heavy atom. The standard InChI is InChI=1S/C13H11N3O7/c14-9(17)5-4-8(13(20)21)15-11(18)6-2-1-3-7(16(22)23)10(6)12(15)19/h1-3,8H,4-5H2,(H2,14,17)(H,20,21)/t8-/m0/s1. The summed E-state index contributed by atoms with van der Waals surface area (Å²) < 4.78 is 0. The maximum atomic E-state index is 12.3. The van der Waals surface area contributed by atoms with Crippen LogP contribution >= 0.6 is 0 Å². The van der Waals surface area contributed by atoms with Crippen LogP contribution < -0.4 is 5.73 Å². The van der Waals surface area contributed by atoms with Gasteiger partial charge in [-0.25, -0.2) is 4.79 Å². The Bertz CT molecular complexity index is 743. The summed E-state index contributed by atoms with van der Waals surface area (Å²) in [5.41, 5.74) is 3.67. The molecule has 0 bridgehead atoms. The molecule has 0 fully saturated rings. The van der Waals surface area contributed by atoms with Crippen LogP contribution in [0, 0.1) is 10.1 Å². The summed E-state index contributed by atoms with van der Waals surface area (Å²) in [5, 5.41) is 20.2. The largest absolute Gasteiger partial charge is 0.480 e. The Balaban J connectivity index is 2.46. The molecule has 1 aromatic rings. The first-order chi connectivity index (χ1) is 10.8. The molecule has 2 rings (SSSR count). The normalized spacial score (nSPS) is 14.5. The number of imide groups is 1. The molecule has 0 spiro atoms. The third-order valence-corrected chi connectivity index (χ3v) is 3.38. The number of hydrogen-bond donors (Lipinski definition) is 2. The lowest BCUT2D eigenvalue weighted by Gasteiger charge is -2.21. The van der Waals surface area contributed by atoms with Gasteiger partial charge >= 0.3 is 5.97 Å². The quantitative estimate of drug-likeness (QED) is 0.420. The van der Waals surface area contributed by atoms with Gasteiger partial charge in [0.25, 0.3) is 17.5 Å². The number of benzene rings is 1. The van der Waals surface area contributed by atoms with Gasteiger partial charge < -0.3 is 10.8 Å². The van der Waals surface area contributed by atoms with Crippen molar-refractivity contribution in [1.82, 2.24) is 4.90 Å². The van der Waals surface area contributed by atoms with E-state index in [1.807, 2.05) is 0 Å². The highest BCUT2D eigenvalue weighted by Crippen LogP contribution is 2.32. The fraction of sp³-hybridized carbons (Fsp3) is 0.231. The van der Waals surface area contributed by atoms with Crippen LogP contribution in [-0.2, 0) is 9.59 Å². The zero-order valence-electron chi connectivity index (χ0n) is 11.6. The molecule has 1 aliphatic heterocycles. The number of fused-ring (bicyclic) bond motifs is 1. The number of nitro benzene ring substituents is 1. The van der Waals surface area contributed by atoms with Crippen LogP contribution in [0.5, 0.6) is 0 Å². The van der Waals surface area contributed by atoms with Gasteiger partial charge in [-0.2, -0.15) is 0 Å². The molecule has 0 saturated carbocycles. The number of nitrogens with zero attached hydrogens (tertiary/aromatic N) is 2. The second-order valence-electron chi connectivity index (χ2n) is 4.80. The van der Waals surface area contributed by atoms with Gasteiger partial charge in [-0.05, 0) is 12.5 Å². The average Bonchev–Trinajstić information content (AvgIpc) is 2.72. The molecular weight excluding hydrogens is 310 g/mol. The minimum Gasteiger partial charge on any atom is -0.480 e. The number of nitrogens with two attached hydrogens (primary N) is 1. The zero-order chi connectivity index (χ0) is 17.3. The van der Waals surface area contributed by atoms with Crippen LogP contribution in [0.25, 0.3) is 0 Å². The van der Waals surface area contributed by atoms with Crippen molar-refractivity contribution in [2.24, 2.45) is 5.73 Å². The molecule has 3 N–H and O–H groups in total. The molecule has 23 heavy (non-hydrogen) atoms.